The molecule has 4 rings (SSSR count). The molecule has 2 heterocycles. The molecule has 2 aromatic rings. The van der Waals surface area contributed by atoms with Crippen LogP contribution in [0.4, 0.5) is 19.4 Å². The third-order valence-corrected chi connectivity index (χ3v) is 7.00. The van der Waals surface area contributed by atoms with E-state index in [1.54, 1.807) is 24.8 Å². The second-order valence-electron chi connectivity index (χ2n) is 9.96. The van der Waals surface area contributed by atoms with Gasteiger partial charge >= 0.3 is 6.03 Å². The van der Waals surface area contributed by atoms with Gasteiger partial charge in [0, 0.05) is 39.8 Å². The van der Waals surface area contributed by atoms with Gasteiger partial charge in [0.25, 0.3) is 0 Å². The van der Waals surface area contributed by atoms with Crippen molar-refractivity contribution in [2.75, 3.05) is 59.0 Å². The van der Waals surface area contributed by atoms with Gasteiger partial charge in [-0.1, -0.05) is 18.2 Å². The SMILES string of the molecule is COCCN1C[C@@H](NC(=O)Nc2c(C)c(OC[C@H](O)COC)nn2C2=CCCC=C2)[C@H](c2ccc(F)c(F)c2)C1. The summed E-state index contributed by atoms with van der Waals surface area (Å²) in [6, 6.07) is 3.01. The maximum absolute atomic E-state index is 14.1. The van der Waals surface area contributed by atoms with Gasteiger partial charge in [-0.2, -0.15) is 0 Å². The number of urea groups is 1. The van der Waals surface area contributed by atoms with Crippen molar-refractivity contribution < 1.29 is 32.9 Å². The normalized spacial score (nSPS) is 19.9. The molecule has 10 nitrogen and oxygen atoms in total. The third kappa shape index (κ3) is 7.25. The topological polar surface area (TPSA) is 110 Å². The zero-order valence-electron chi connectivity index (χ0n) is 23.0. The fourth-order valence-corrected chi connectivity index (χ4v) is 4.95. The van der Waals surface area contributed by atoms with Crippen LogP contribution in [0.1, 0.15) is 29.9 Å². The van der Waals surface area contributed by atoms with E-state index in [1.807, 2.05) is 18.2 Å². The number of anilines is 1. The van der Waals surface area contributed by atoms with E-state index in [-0.39, 0.29) is 31.1 Å². The van der Waals surface area contributed by atoms with Gasteiger partial charge in [-0.15, -0.1) is 5.10 Å². The van der Waals surface area contributed by atoms with Gasteiger partial charge in [-0.05, 0) is 43.5 Å². The molecule has 0 radical (unpaired) electrons. The minimum Gasteiger partial charge on any atom is -0.474 e. The average molecular weight is 562 g/mol. The quantitative estimate of drug-likeness (QED) is 0.365. The van der Waals surface area contributed by atoms with Crippen molar-refractivity contribution in [3.63, 3.8) is 0 Å². The molecule has 1 fully saturated rings. The van der Waals surface area contributed by atoms with Gasteiger partial charge in [0.1, 0.15) is 18.5 Å². The Morgan fingerprint density at radius 3 is 2.70 bits per heavy atom. The summed E-state index contributed by atoms with van der Waals surface area (Å²) < 4.78 is 45.2. The largest absolute Gasteiger partial charge is 0.474 e. The number of hydrogen-bond acceptors (Lipinski definition) is 7. The Bertz CT molecular complexity index is 1230. The first kappa shape index (κ1) is 29.7. The number of nitrogens with one attached hydrogen (secondary N) is 2. The number of methoxy groups -OCH3 is 2. The van der Waals surface area contributed by atoms with Crippen LogP contribution in [-0.4, -0.2) is 91.6 Å². The molecule has 1 aromatic heterocycles. The zero-order valence-corrected chi connectivity index (χ0v) is 23.0. The summed E-state index contributed by atoms with van der Waals surface area (Å²) in [7, 11) is 3.11. The van der Waals surface area contributed by atoms with Gasteiger partial charge in [-0.3, -0.25) is 10.2 Å². The van der Waals surface area contributed by atoms with Crippen LogP contribution in [-0.2, 0) is 9.47 Å². The van der Waals surface area contributed by atoms with Crippen molar-refractivity contribution in [1.82, 2.24) is 20.0 Å². The number of allylic oxidation sites excluding steroid dienone is 4. The van der Waals surface area contributed by atoms with E-state index in [4.69, 9.17) is 14.2 Å². The maximum atomic E-state index is 14.1. The standard InChI is InChI=1S/C28H37F2N5O5/c1-18-26(35(20-7-5-4-6-8-20)33-27(18)40-17-21(36)16-39-3)32-28(37)31-25-15-34(11-12-38-2)14-22(25)19-9-10-23(29)24(30)13-19/h5,7-10,13,21-22,25,36H,4,6,11-12,14-17H2,1-3H3,(H2,31,32,37)/t21-,22+,25-/m1/s1. The van der Waals surface area contributed by atoms with Crippen molar-refractivity contribution in [3.8, 4) is 5.88 Å². The van der Waals surface area contributed by atoms with Crippen LogP contribution >= 0.6 is 0 Å². The molecule has 0 spiro atoms. The second kappa shape index (κ2) is 13.8. The number of likely N-dealkylation sites (tertiary alicyclic amines) is 1. The fourth-order valence-electron chi connectivity index (χ4n) is 4.95. The number of carbonyl (C=O) groups is 1. The number of halogens is 2. The summed E-state index contributed by atoms with van der Waals surface area (Å²) in [5.74, 6) is -1.40. The molecule has 2 amide bonds. The van der Waals surface area contributed by atoms with Crippen molar-refractivity contribution in [2.45, 2.75) is 37.8 Å². The molecule has 12 heteroatoms. The lowest BCUT2D eigenvalue weighted by Gasteiger charge is -2.21. The molecule has 0 unspecified atom stereocenters. The van der Waals surface area contributed by atoms with Crippen molar-refractivity contribution >= 4 is 17.5 Å². The number of nitrogens with zero attached hydrogens (tertiary/aromatic N) is 3. The van der Waals surface area contributed by atoms with Gasteiger partial charge in [0.15, 0.2) is 11.6 Å². The number of aliphatic hydroxyl groups is 1. The lowest BCUT2D eigenvalue weighted by Crippen LogP contribution is -2.42. The van der Waals surface area contributed by atoms with E-state index in [9.17, 15) is 18.7 Å². The summed E-state index contributed by atoms with van der Waals surface area (Å²) in [6.07, 6.45) is 6.87. The molecule has 0 bridgehead atoms. The zero-order chi connectivity index (χ0) is 28.6. The summed E-state index contributed by atoms with van der Waals surface area (Å²) in [4.78, 5) is 15.5. The highest BCUT2D eigenvalue weighted by molar-refractivity contribution is 5.90. The van der Waals surface area contributed by atoms with E-state index in [0.29, 0.717) is 43.2 Å². The Hall–Kier alpha value is -3.32. The summed E-state index contributed by atoms with van der Waals surface area (Å²) in [6.45, 7) is 4.07. The number of ether oxygens (including phenoxy) is 3. The third-order valence-electron chi connectivity index (χ3n) is 7.00. The number of rotatable bonds is 12. The number of aliphatic hydroxyl groups excluding tert-OH is 1. The number of benzene rings is 1. The van der Waals surface area contributed by atoms with Crippen LogP contribution in [0.2, 0.25) is 0 Å². The lowest BCUT2D eigenvalue weighted by atomic mass is 9.94. The Kier molecular flexibility index (Phi) is 10.3. The first-order chi connectivity index (χ1) is 19.3. The highest BCUT2D eigenvalue weighted by atomic mass is 19.2. The van der Waals surface area contributed by atoms with Gasteiger partial charge in [0.05, 0.1) is 30.5 Å². The molecule has 1 aromatic carbocycles. The van der Waals surface area contributed by atoms with E-state index < -0.39 is 23.8 Å². The van der Waals surface area contributed by atoms with E-state index >= 15 is 0 Å². The molecule has 0 saturated carbocycles. The highest BCUT2D eigenvalue weighted by Crippen LogP contribution is 2.31. The highest BCUT2D eigenvalue weighted by Gasteiger charge is 2.35. The molecule has 3 atom stereocenters. The summed E-state index contributed by atoms with van der Waals surface area (Å²) in [5.41, 5.74) is 1.97. The molecular formula is C28H37F2N5O5. The predicted molar refractivity (Wildman–Crippen MR) is 146 cm³/mol. The Balaban J connectivity index is 1.54. The van der Waals surface area contributed by atoms with E-state index in [0.717, 1.165) is 24.6 Å². The minimum absolute atomic E-state index is 0.0263. The van der Waals surface area contributed by atoms with E-state index in [2.05, 4.69) is 20.6 Å². The van der Waals surface area contributed by atoms with Crippen molar-refractivity contribution in [2.24, 2.45) is 0 Å². The Morgan fingerprint density at radius 2 is 2.00 bits per heavy atom. The first-order valence-corrected chi connectivity index (χ1v) is 13.3. The minimum atomic E-state index is -0.924. The van der Waals surface area contributed by atoms with Crippen LogP contribution in [0.5, 0.6) is 5.88 Å². The molecule has 3 N–H and O–H groups in total. The van der Waals surface area contributed by atoms with Crippen molar-refractivity contribution in [3.05, 3.63) is 59.2 Å². The van der Waals surface area contributed by atoms with Crippen LogP contribution in [0, 0.1) is 18.6 Å². The van der Waals surface area contributed by atoms with Gasteiger partial charge in [0.2, 0.25) is 5.88 Å². The first-order valence-electron chi connectivity index (χ1n) is 13.3. The molecule has 1 saturated heterocycles. The van der Waals surface area contributed by atoms with E-state index in [1.165, 1.54) is 13.2 Å². The number of amides is 2. The molecule has 2 aliphatic rings. The van der Waals surface area contributed by atoms with Crippen LogP contribution in [0.15, 0.2) is 36.4 Å². The van der Waals surface area contributed by atoms with Crippen LogP contribution < -0.4 is 15.4 Å². The Labute approximate surface area is 232 Å². The maximum Gasteiger partial charge on any atom is 0.320 e. The number of carbonyl (C=O) groups excluding carboxylic acids is 1. The molecule has 218 valence electrons. The second-order valence-corrected chi connectivity index (χ2v) is 9.96. The fraction of sp³-hybridized carbons (Fsp3) is 0.500. The Morgan fingerprint density at radius 1 is 1.18 bits per heavy atom. The van der Waals surface area contributed by atoms with Crippen LogP contribution in [0.25, 0.3) is 5.70 Å². The van der Waals surface area contributed by atoms with Gasteiger partial charge < -0.3 is 24.6 Å². The molecule has 1 aliphatic heterocycles. The molecular weight excluding hydrogens is 524 g/mol. The average Bonchev–Trinajstić information content (AvgIpc) is 3.48. The monoisotopic (exact) mass is 561 g/mol. The smallest absolute Gasteiger partial charge is 0.320 e. The van der Waals surface area contributed by atoms with Crippen molar-refractivity contribution in [1.29, 1.82) is 0 Å². The molecule has 1 aliphatic carbocycles. The lowest BCUT2D eigenvalue weighted by molar-refractivity contribution is 0.0311. The van der Waals surface area contributed by atoms with Crippen LogP contribution in [0.3, 0.4) is 0 Å². The summed E-state index contributed by atoms with van der Waals surface area (Å²) >= 11 is 0. The number of hydrogen-bond donors (Lipinski definition) is 3. The summed E-state index contributed by atoms with van der Waals surface area (Å²) in [5, 5.41) is 20.5. The molecule has 40 heavy (non-hydrogen) atoms. The number of aromatic nitrogens is 2. The predicted octanol–water partition coefficient (Wildman–Crippen LogP) is 3.28. The van der Waals surface area contributed by atoms with Gasteiger partial charge in [-0.25, -0.2) is 18.3 Å².